The second kappa shape index (κ2) is 57.5. The number of carbonyl (C=O) groups is 4. The number of aliphatic hydroxyl groups is 1. The van der Waals surface area contributed by atoms with E-state index in [9.17, 15) is 43.2 Å². The molecule has 0 aliphatic rings. The lowest BCUT2D eigenvalue weighted by molar-refractivity contribution is -0.161. The minimum absolute atomic E-state index is 0.104. The maximum atomic E-state index is 13.0. The summed E-state index contributed by atoms with van der Waals surface area (Å²) in [5.74, 6) is -0.664. The molecule has 0 fully saturated rings. The van der Waals surface area contributed by atoms with E-state index in [0.29, 0.717) is 25.7 Å². The average Bonchev–Trinajstić information content (AvgIpc) is 3.45. The predicted molar refractivity (Wildman–Crippen MR) is 335 cm³/mol. The van der Waals surface area contributed by atoms with Crippen molar-refractivity contribution in [2.45, 2.75) is 342 Å². The molecule has 0 heterocycles. The van der Waals surface area contributed by atoms with Gasteiger partial charge in [0.25, 0.3) is 0 Å². The molecule has 0 spiro atoms. The number of rotatable bonds is 64. The molecule has 5 atom stereocenters. The number of ether oxygens (including phenoxy) is 4. The van der Waals surface area contributed by atoms with Crippen LogP contribution in [0.1, 0.15) is 324 Å². The Kier molecular flexibility index (Phi) is 56.2. The van der Waals surface area contributed by atoms with Gasteiger partial charge < -0.3 is 33.8 Å². The van der Waals surface area contributed by atoms with Crippen LogP contribution in [-0.2, 0) is 65.4 Å². The molecule has 84 heavy (non-hydrogen) atoms. The maximum Gasteiger partial charge on any atom is 0.472 e. The molecule has 0 amide bonds. The minimum atomic E-state index is -4.95. The standard InChI is InChI=1S/C65H126O17P2/c1-7-9-11-13-15-17-18-19-23-30-36-42-48-63(68)76-54-61(81-64(69)49-43-37-31-24-21-20-22-27-33-39-45-57(3)4)56-80-84(73,74)78-52-59(66)51-77-83(71,72)79-55-60(53-75-62(67)47-41-35-29-16-14-12-10-8-2)82-65(70)50-44-38-32-26-25-28-34-40-46-58(5)6/h57-61,66H,7-56H2,1-6H3,(H,71,72)(H,73,74)/t59-,60+,61+/m0/s1. The molecule has 0 rings (SSSR count). The van der Waals surface area contributed by atoms with Crippen molar-refractivity contribution < 1.29 is 80.2 Å². The third-order valence-electron chi connectivity index (χ3n) is 15.0. The van der Waals surface area contributed by atoms with Gasteiger partial charge in [-0.1, -0.05) is 273 Å². The summed E-state index contributed by atoms with van der Waals surface area (Å²) in [6.07, 6.45) is 40.3. The second-order valence-electron chi connectivity index (χ2n) is 24.5. The Morgan fingerprint density at radius 1 is 0.321 bits per heavy atom. The first-order chi connectivity index (χ1) is 40.4. The van der Waals surface area contributed by atoms with Crippen molar-refractivity contribution in [1.29, 1.82) is 0 Å². The number of esters is 4. The van der Waals surface area contributed by atoms with E-state index in [1.165, 1.54) is 135 Å². The number of aliphatic hydroxyl groups excluding tert-OH is 1. The molecule has 17 nitrogen and oxygen atoms in total. The molecule has 0 bridgehead atoms. The lowest BCUT2D eigenvalue weighted by atomic mass is 10.0. The van der Waals surface area contributed by atoms with Crippen molar-refractivity contribution in [3.8, 4) is 0 Å². The minimum Gasteiger partial charge on any atom is -0.462 e. The molecule has 0 aromatic heterocycles. The summed E-state index contributed by atoms with van der Waals surface area (Å²) in [5.41, 5.74) is 0. The zero-order chi connectivity index (χ0) is 62.2. The van der Waals surface area contributed by atoms with Crippen molar-refractivity contribution in [1.82, 2.24) is 0 Å². The van der Waals surface area contributed by atoms with E-state index in [1.807, 2.05) is 0 Å². The summed E-state index contributed by atoms with van der Waals surface area (Å²) in [4.78, 5) is 72.2. The van der Waals surface area contributed by atoms with Crippen molar-refractivity contribution in [3.63, 3.8) is 0 Å². The van der Waals surface area contributed by atoms with Gasteiger partial charge in [0.15, 0.2) is 12.2 Å². The van der Waals surface area contributed by atoms with Gasteiger partial charge in [-0.25, -0.2) is 9.13 Å². The molecule has 0 saturated carbocycles. The fraction of sp³-hybridized carbons (Fsp3) is 0.938. The third-order valence-corrected chi connectivity index (χ3v) is 16.9. The summed E-state index contributed by atoms with van der Waals surface area (Å²) in [5, 5.41) is 10.5. The lowest BCUT2D eigenvalue weighted by Gasteiger charge is -2.21. The van der Waals surface area contributed by atoms with Crippen LogP contribution in [0.25, 0.3) is 0 Å². The van der Waals surface area contributed by atoms with E-state index in [0.717, 1.165) is 108 Å². The fourth-order valence-corrected chi connectivity index (χ4v) is 11.3. The topological polar surface area (TPSA) is 237 Å². The molecule has 0 aromatic rings. The monoisotopic (exact) mass is 1240 g/mol. The number of carbonyl (C=O) groups excluding carboxylic acids is 4. The lowest BCUT2D eigenvalue weighted by Crippen LogP contribution is -2.30. The van der Waals surface area contributed by atoms with Gasteiger partial charge in [0.05, 0.1) is 26.4 Å². The van der Waals surface area contributed by atoms with Gasteiger partial charge in [-0.2, -0.15) is 0 Å². The van der Waals surface area contributed by atoms with Crippen LogP contribution in [-0.4, -0.2) is 96.7 Å². The maximum absolute atomic E-state index is 13.0. The summed E-state index contributed by atoms with van der Waals surface area (Å²) in [6, 6.07) is 0. The highest BCUT2D eigenvalue weighted by Gasteiger charge is 2.30. The highest BCUT2D eigenvalue weighted by Crippen LogP contribution is 2.45. The summed E-state index contributed by atoms with van der Waals surface area (Å²) >= 11 is 0. The zero-order valence-corrected chi connectivity index (χ0v) is 56.0. The van der Waals surface area contributed by atoms with Crippen molar-refractivity contribution in [2.75, 3.05) is 39.6 Å². The molecule has 0 saturated heterocycles. The number of hydrogen-bond donors (Lipinski definition) is 3. The van der Waals surface area contributed by atoms with Crippen LogP contribution < -0.4 is 0 Å². The Morgan fingerprint density at radius 3 is 0.810 bits per heavy atom. The van der Waals surface area contributed by atoms with Crippen LogP contribution >= 0.6 is 15.6 Å². The van der Waals surface area contributed by atoms with Crippen molar-refractivity contribution in [2.24, 2.45) is 11.8 Å². The normalized spacial score (nSPS) is 14.3. The van der Waals surface area contributed by atoms with Crippen LogP contribution in [0.4, 0.5) is 0 Å². The highest BCUT2D eigenvalue weighted by molar-refractivity contribution is 7.47. The molecule has 2 unspecified atom stereocenters. The molecule has 498 valence electrons. The molecular formula is C65H126O17P2. The van der Waals surface area contributed by atoms with Gasteiger partial charge in [-0.05, 0) is 37.5 Å². The number of phosphoric acid groups is 2. The second-order valence-corrected chi connectivity index (χ2v) is 27.4. The Morgan fingerprint density at radius 2 is 0.548 bits per heavy atom. The molecule has 3 N–H and O–H groups in total. The summed E-state index contributed by atoms with van der Waals surface area (Å²) in [7, 11) is -9.89. The zero-order valence-electron chi connectivity index (χ0n) is 54.2. The van der Waals surface area contributed by atoms with E-state index in [4.69, 9.17) is 37.0 Å². The van der Waals surface area contributed by atoms with E-state index in [2.05, 4.69) is 41.5 Å². The molecule has 0 aliphatic heterocycles. The first-order valence-corrected chi connectivity index (χ1v) is 37.0. The number of unbranched alkanes of at least 4 members (excludes halogenated alkanes) is 34. The third kappa shape index (κ3) is 59.0. The first kappa shape index (κ1) is 82.1. The van der Waals surface area contributed by atoms with Gasteiger partial charge in [-0.3, -0.25) is 37.3 Å². The Hall–Kier alpha value is -1.94. The first-order valence-electron chi connectivity index (χ1n) is 34.0. The molecular weight excluding hydrogens is 1110 g/mol. The smallest absolute Gasteiger partial charge is 0.462 e. The molecule has 0 aliphatic carbocycles. The van der Waals surface area contributed by atoms with Crippen LogP contribution in [0.15, 0.2) is 0 Å². The van der Waals surface area contributed by atoms with Crippen LogP contribution in [0.5, 0.6) is 0 Å². The van der Waals surface area contributed by atoms with Crippen LogP contribution in [0.3, 0.4) is 0 Å². The fourth-order valence-electron chi connectivity index (χ4n) is 9.71. The quantitative estimate of drug-likeness (QED) is 0.0222. The van der Waals surface area contributed by atoms with Gasteiger partial charge >= 0.3 is 39.5 Å². The van der Waals surface area contributed by atoms with E-state index < -0.39 is 97.5 Å². The van der Waals surface area contributed by atoms with E-state index in [-0.39, 0.29) is 25.7 Å². The molecule has 19 heteroatoms. The van der Waals surface area contributed by atoms with E-state index >= 15 is 0 Å². The van der Waals surface area contributed by atoms with Gasteiger partial charge in [-0.15, -0.1) is 0 Å². The Labute approximate surface area is 511 Å². The summed E-state index contributed by atoms with van der Waals surface area (Å²) in [6.45, 7) is 9.43. The number of phosphoric ester groups is 2. The van der Waals surface area contributed by atoms with Crippen molar-refractivity contribution in [3.05, 3.63) is 0 Å². The van der Waals surface area contributed by atoms with Gasteiger partial charge in [0.2, 0.25) is 0 Å². The van der Waals surface area contributed by atoms with Crippen LogP contribution in [0, 0.1) is 11.8 Å². The van der Waals surface area contributed by atoms with Crippen molar-refractivity contribution >= 4 is 39.5 Å². The largest absolute Gasteiger partial charge is 0.472 e. The van der Waals surface area contributed by atoms with Crippen LogP contribution in [0.2, 0.25) is 0 Å². The van der Waals surface area contributed by atoms with E-state index in [1.54, 1.807) is 0 Å². The number of hydrogen-bond acceptors (Lipinski definition) is 15. The predicted octanol–water partition coefficient (Wildman–Crippen LogP) is 18.0. The Balaban J connectivity index is 5.23. The van der Waals surface area contributed by atoms with Gasteiger partial charge in [0, 0.05) is 25.7 Å². The summed E-state index contributed by atoms with van der Waals surface area (Å²) < 4.78 is 68.0. The SMILES string of the molecule is CCCCCCCCCCCCCCC(=O)OC[C@H](COP(=O)(O)OC[C@@H](O)COP(=O)(O)OC[C@@H](COC(=O)CCCCCCCCCC)OC(=O)CCCCCCCCCCC(C)C)OC(=O)CCCCCCCCCCCCC(C)C. The molecule has 0 aromatic carbocycles. The average molecular weight is 1240 g/mol. The Bertz CT molecular complexity index is 1650. The highest BCUT2D eigenvalue weighted by atomic mass is 31.2. The molecule has 0 radical (unpaired) electrons. The van der Waals surface area contributed by atoms with Gasteiger partial charge in [0.1, 0.15) is 19.3 Å².